The van der Waals surface area contributed by atoms with E-state index in [0.29, 0.717) is 18.1 Å². The second kappa shape index (κ2) is 6.35. The maximum Gasteiger partial charge on any atom is 0.208 e. The first-order valence-corrected chi connectivity index (χ1v) is 7.59. The van der Waals surface area contributed by atoms with Crippen LogP contribution in [0.4, 0.5) is 0 Å². The molecule has 0 aromatic heterocycles. The topological polar surface area (TPSA) is 58.2 Å². The van der Waals surface area contributed by atoms with Crippen molar-refractivity contribution >= 4 is 21.6 Å². The molecule has 96 valence electrons. The molecule has 2 N–H and O–H groups in total. The van der Waals surface area contributed by atoms with Crippen LogP contribution in [0.25, 0.3) is 0 Å². The molecule has 0 saturated carbocycles. The van der Waals surface area contributed by atoms with Crippen LogP contribution < -0.4 is 10.0 Å². The molecule has 1 rings (SSSR count). The first kappa shape index (κ1) is 14.4. The lowest BCUT2D eigenvalue weighted by atomic mass is 10.1. The van der Waals surface area contributed by atoms with E-state index in [4.69, 9.17) is 11.6 Å². The molecule has 0 amide bonds. The van der Waals surface area contributed by atoms with E-state index < -0.39 is 10.0 Å². The standard InChI is InChI=1S/C11H17ClN2O2S/c1-9(10-4-3-5-11(12)8-10)13-6-7-14-17(2,15)16/h3-5,8-9,13-14H,6-7H2,1-2H3. The van der Waals surface area contributed by atoms with Gasteiger partial charge in [-0.3, -0.25) is 0 Å². The SMILES string of the molecule is CC(NCCNS(C)(=O)=O)c1cccc(Cl)c1. The Balaban J connectivity index is 2.38. The molecular weight excluding hydrogens is 260 g/mol. The number of benzene rings is 1. The molecule has 0 aliphatic heterocycles. The summed E-state index contributed by atoms with van der Waals surface area (Å²) < 4.78 is 24.1. The third-order valence-corrected chi connectivity index (χ3v) is 3.25. The molecule has 6 heteroatoms. The summed E-state index contributed by atoms with van der Waals surface area (Å²) in [5.41, 5.74) is 1.08. The Morgan fingerprint density at radius 2 is 2.06 bits per heavy atom. The van der Waals surface area contributed by atoms with E-state index in [-0.39, 0.29) is 6.04 Å². The molecule has 0 spiro atoms. The predicted molar refractivity (Wildman–Crippen MR) is 70.7 cm³/mol. The molecule has 1 aromatic carbocycles. The fraction of sp³-hybridized carbons (Fsp3) is 0.455. The monoisotopic (exact) mass is 276 g/mol. The maximum atomic E-state index is 10.8. The number of sulfonamides is 1. The van der Waals surface area contributed by atoms with Crippen molar-refractivity contribution in [3.05, 3.63) is 34.9 Å². The first-order valence-electron chi connectivity index (χ1n) is 5.32. The molecule has 1 aromatic rings. The number of rotatable bonds is 6. The van der Waals surface area contributed by atoms with E-state index >= 15 is 0 Å². The summed E-state index contributed by atoms with van der Waals surface area (Å²) in [5.74, 6) is 0. The van der Waals surface area contributed by atoms with Gasteiger partial charge in [0.15, 0.2) is 0 Å². The van der Waals surface area contributed by atoms with Crippen LogP contribution in [0.15, 0.2) is 24.3 Å². The molecule has 0 radical (unpaired) electrons. The average Bonchev–Trinajstić information content (AvgIpc) is 2.23. The number of hydrogen-bond acceptors (Lipinski definition) is 3. The molecule has 0 bridgehead atoms. The third kappa shape index (κ3) is 6.02. The van der Waals surface area contributed by atoms with Gasteiger partial charge in [0.05, 0.1) is 6.26 Å². The van der Waals surface area contributed by atoms with Gasteiger partial charge in [-0.15, -0.1) is 0 Å². The molecule has 0 heterocycles. The molecule has 0 aliphatic rings. The summed E-state index contributed by atoms with van der Waals surface area (Å²) in [4.78, 5) is 0. The highest BCUT2D eigenvalue weighted by Gasteiger charge is 2.05. The second-order valence-corrected chi connectivity index (χ2v) is 6.17. The Hall–Kier alpha value is -0.620. The Bertz CT molecular complexity index is 462. The summed E-state index contributed by atoms with van der Waals surface area (Å²) in [6.07, 6.45) is 1.15. The van der Waals surface area contributed by atoms with Gasteiger partial charge in [-0.05, 0) is 24.6 Å². The van der Waals surface area contributed by atoms with Crippen molar-refractivity contribution in [2.75, 3.05) is 19.3 Å². The molecule has 4 nitrogen and oxygen atoms in total. The van der Waals surface area contributed by atoms with Gasteiger partial charge >= 0.3 is 0 Å². The normalized spacial score (nSPS) is 13.6. The first-order chi connectivity index (χ1) is 7.88. The summed E-state index contributed by atoms with van der Waals surface area (Å²) in [6.45, 7) is 2.95. The zero-order valence-corrected chi connectivity index (χ0v) is 11.5. The van der Waals surface area contributed by atoms with E-state index in [0.717, 1.165) is 11.8 Å². The molecule has 0 aliphatic carbocycles. The van der Waals surface area contributed by atoms with Crippen molar-refractivity contribution in [1.29, 1.82) is 0 Å². The lowest BCUT2D eigenvalue weighted by Gasteiger charge is -2.14. The lowest BCUT2D eigenvalue weighted by Crippen LogP contribution is -2.32. The van der Waals surface area contributed by atoms with E-state index in [1.807, 2.05) is 31.2 Å². The van der Waals surface area contributed by atoms with Gasteiger partial charge in [-0.25, -0.2) is 13.1 Å². The highest BCUT2D eigenvalue weighted by molar-refractivity contribution is 7.88. The van der Waals surface area contributed by atoms with Crippen LogP contribution in [0.3, 0.4) is 0 Å². The van der Waals surface area contributed by atoms with E-state index in [1.54, 1.807) is 0 Å². The quantitative estimate of drug-likeness (QED) is 0.775. The van der Waals surface area contributed by atoms with Crippen LogP contribution >= 0.6 is 11.6 Å². The van der Waals surface area contributed by atoms with Gasteiger partial charge < -0.3 is 5.32 Å². The highest BCUT2D eigenvalue weighted by Crippen LogP contribution is 2.16. The van der Waals surface area contributed by atoms with E-state index in [1.165, 1.54) is 0 Å². The minimum Gasteiger partial charge on any atom is -0.309 e. The van der Waals surface area contributed by atoms with Gasteiger partial charge in [0.1, 0.15) is 0 Å². The van der Waals surface area contributed by atoms with Gasteiger partial charge in [0, 0.05) is 24.2 Å². The molecule has 17 heavy (non-hydrogen) atoms. The van der Waals surface area contributed by atoms with Crippen LogP contribution in [-0.4, -0.2) is 27.8 Å². The van der Waals surface area contributed by atoms with E-state index in [2.05, 4.69) is 10.0 Å². The van der Waals surface area contributed by atoms with Gasteiger partial charge in [0.2, 0.25) is 10.0 Å². The third-order valence-electron chi connectivity index (χ3n) is 2.29. The Kier molecular flexibility index (Phi) is 5.39. The summed E-state index contributed by atoms with van der Waals surface area (Å²) in [6, 6.07) is 7.72. The Morgan fingerprint density at radius 3 is 2.65 bits per heavy atom. The van der Waals surface area contributed by atoms with Crippen molar-refractivity contribution < 1.29 is 8.42 Å². The van der Waals surface area contributed by atoms with Crippen molar-refractivity contribution in [2.45, 2.75) is 13.0 Å². The number of hydrogen-bond donors (Lipinski definition) is 2. The predicted octanol–water partition coefficient (Wildman–Crippen LogP) is 1.54. The summed E-state index contributed by atoms with van der Waals surface area (Å²) in [7, 11) is -3.10. The minimum atomic E-state index is -3.10. The Morgan fingerprint density at radius 1 is 1.35 bits per heavy atom. The van der Waals surface area contributed by atoms with Crippen LogP contribution in [0.1, 0.15) is 18.5 Å². The van der Waals surface area contributed by atoms with Crippen LogP contribution in [0, 0.1) is 0 Å². The maximum absolute atomic E-state index is 10.8. The van der Waals surface area contributed by atoms with Crippen LogP contribution in [0.2, 0.25) is 5.02 Å². The zero-order valence-electron chi connectivity index (χ0n) is 9.90. The zero-order chi connectivity index (χ0) is 12.9. The van der Waals surface area contributed by atoms with Gasteiger partial charge in [-0.2, -0.15) is 0 Å². The average molecular weight is 277 g/mol. The van der Waals surface area contributed by atoms with Gasteiger partial charge in [0.25, 0.3) is 0 Å². The summed E-state index contributed by atoms with van der Waals surface area (Å²) >= 11 is 5.89. The number of nitrogens with one attached hydrogen (secondary N) is 2. The molecule has 0 fully saturated rings. The van der Waals surface area contributed by atoms with Crippen molar-refractivity contribution in [3.63, 3.8) is 0 Å². The van der Waals surface area contributed by atoms with Crippen molar-refractivity contribution in [3.8, 4) is 0 Å². The molecular formula is C11H17ClN2O2S. The van der Waals surface area contributed by atoms with Crippen molar-refractivity contribution in [2.24, 2.45) is 0 Å². The molecule has 0 saturated heterocycles. The largest absolute Gasteiger partial charge is 0.309 e. The lowest BCUT2D eigenvalue weighted by molar-refractivity contribution is 0.556. The smallest absolute Gasteiger partial charge is 0.208 e. The van der Waals surface area contributed by atoms with Gasteiger partial charge in [-0.1, -0.05) is 23.7 Å². The second-order valence-electron chi connectivity index (χ2n) is 3.90. The summed E-state index contributed by atoms with van der Waals surface area (Å²) in [5, 5.41) is 3.91. The Labute approximate surface area is 107 Å². The van der Waals surface area contributed by atoms with Crippen LogP contribution in [0.5, 0.6) is 0 Å². The van der Waals surface area contributed by atoms with E-state index in [9.17, 15) is 8.42 Å². The molecule has 1 unspecified atom stereocenters. The highest BCUT2D eigenvalue weighted by atomic mass is 35.5. The number of halogens is 1. The van der Waals surface area contributed by atoms with Crippen LogP contribution in [-0.2, 0) is 10.0 Å². The molecule has 1 atom stereocenters. The fourth-order valence-corrected chi connectivity index (χ4v) is 2.09. The minimum absolute atomic E-state index is 0.134. The fourth-order valence-electron chi connectivity index (χ4n) is 1.42. The van der Waals surface area contributed by atoms with Crippen molar-refractivity contribution in [1.82, 2.24) is 10.0 Å².